The monoisotopic (exact) mass is 490 g/mol. The lowest BCUT2D eigenvalue weighted by atomic mass is 10.1. The maximum Gasteiger partial charge on any atom is 0.316 e. The number of ether oxygens (including phenoxy) is 1. The molecule has 0 spiro atoms. The van der Waals surface area contributed by atoms with Gasteiger partial charge in [0.05, 0.1) is 13.2 Å². The summed E-state index contributed by atoms with van der Waals surface area (Å²) in [6, 6.07) is 11.6. The van der Waals surface area contributed by atoms with Crippen molar-refractivity contribution in [3.63, 3.8) is 0 Å². The number of thiol groups is 1. The third-order valence-electron chi connectivity index (χ3n) is 4.77. The second-order valence-electron chi connectivity index (χ2n) is 7.16. The first-order chi connectivity index (χ1) is 16.3. The van der Waals surface area contributed by atoms with Crippen LogP contribution in [0.4, 0.5) is 9.18 Å². The molecule has 0 aliphatic rings. The minimum atomic E-state index is -1.25. The highest BCUT2D eigenvalue weighted by molar-refractivity contribution is 7.81. The van der Waals surface area contributed by atoms with Crippen LogP contribution in [-0.2, 0) is 27.5 Å². The maximum absolute atomic E-state index is 13.8. The van der Waals surface area contributed by atoms with Crippen molar-refractivity contribution in [3.05, 3.63) is 65.5 Å². The molecular weight excluding hydrogens is 463 g/mol. The van der Waals surface area contributed by atoms with E-state index in [4.69, 9.17) is 4.74 Å². The molecular formula is C23H27FN4O5S. The lowest BCUT2D eigenvalue weighted by molar-refractivity contribution is -0.140. The number of hydrogen-bond acceptors (Lipinski definition) is 6. The molecule has 34 heavy (non-hydrogen) atoms. The lowest BCUT2D eigenvalue weighted by Gasteiger charge is -2.19. The third kappa shape index (κ3) is 7.77. The molecule has 0 fully saturated rings. The van der Waals surface area contributed by atoms with E-state index < -0.39 is 40.9 Å². The number of para-hydroxylation sites is 1. The van der Waals surface area contributed by atoms with Crippen molar-refractivity contribution in [2.45, 2.75) is 37.8 Å². The summed E-state index contributed by atoms with van der Waals surface area (Å²) in [7, 11) is 1.29. The minimum absolute atomic E-state index is 0.0369. The highest BCUT2D eigenvalue weighted by Gasteiger charge is 2.28. The number of urea groups is 1. The molecule has 0 saturated heterocycles. The number of methoxy groups -OCH3 is 1. The number of carbonyl (C=O) groups is 4. The summed E-state index contributed by atoms with van der Waals surface area (Å²) in [5.74, 6) is -3.23. The molecule has 0 bridgehead atoms. The lowest BCUT2D eigenvalue weighted by Crippen LogP contribution is -2.53. The average Bonchev–Trinajstić information content (AvgIpc) is 2.84. The number of carbonyl (C=O) groups excluding carboxylic acids is 4. The van der Waals surface area contributed by atoms with Crippen LogP contribution in [0.15, 0.2) is 48.5 Å². The Labute approximate surface area is 202 Å². The Balaban J connectivity index is 1.85. The number of Topliss-reactive ketones (excluding diaryl/α,β-unsaturated/α-hetero) is 1. The molecule has 4 N–H and O–H groups in total. The number of amides is 4. The first-order valence-electron chi connectivity index (χ1n) is 10.5. The number of hydrogen-bond donors (Lipinski definition) is 5. The van der Waals surface area contributed by atoms with Crippen molar-refractivity contribution in [2.75, 3.05) is 7.11 Å². The topological polar surface area (TPSA) is 126 Å². The second-order valence-corrected chi connectivity index (χ2v) is 7.68. The van der Waals surface area contributed by atoms with E-state index in [1.54, 1.807) is 13.0 Å². The standard InChI is InChI=1S/C23H27FN4O5S/c1-3-17(18(29)20(30)25-13-15-10-7-11-16(24)19(15)33-2)27-21(31)22(34)28-23(32)26-12-14-8-5-4-6-9-14/h4-11,17,22,34H,3,12-13H2,1-2H3,(H,25,30)(H,27,31)(H2,26,28,32). The Morgan fingerprint density at radius 1 is 0.971 bits per heavy atom. The van der Waals surface area contributed by atoms with E-state index in [0.717, 1.165) is 5.56 Å². The zero-order chi connectivity index (χ0) is 25.1. The summed E-state index contributed by atoms with van der Waals surface area (Å²) in [6.07, 6.45) is 0.127. The van der Waals surface area contributed by atoms with Gasteiger partial charge in [-0.25, -0.2) is 9.18 Å². The van der Waals surface area contributed by atoms with Crippen LogP contribution >= 0.6 is 12.6 Å². The zero-order valence-electron chi connectivity index (χ0n) is 18.8. The van der Waals surface area contributed by atoms with Crippen LogP contribution in [0.3, 0.4) is 0 Å². The summed E-state index contributed by atoms with van der Waals surface area (Å²) in [5, 5.41) is 8.49. The molecule has 4 amide bonds. The number of halogens is 1. The van der Waals surface area contributed by atoms with Crippen molar-refractivity contribution in [1.29, 1.82) is 0 Å². The molecule has 2 aromatic rings. The van der Waals surface area contributed by atoms with Crippen molar-refractivity contribution < 1.29 is 28.3 Å². The molecule has 0 saturated carbocycles. The smallest absolute Gasteiger partial charge is 0.316 e. The van der Waals surface area contributed by atoms with Crippen LogP contribution in [0.2, 0.25) is 0 Å². The highest BCUT2D eigenvalue weighted by Crippen LogP contribution is 2.21. The van der Waals surface area contributed by atoms with Gasteiger partial charge in [-0.2, -0.15) is 0 Å². The molecule has 2 unspecified atom stereocenters. The van der Waals surface area contributed by atoms with Gasteiger partial charge in [0.1, 0.15) is 0 Å². The molecule has 0 aromatic heterocycles. The molecule has 0 heterocycles. The van der Waals surface area contributed by atoms with E-state index in [-0.39, 0.29) is 25.3 Å². The minimum Gasteiger partial charge on any atom is -0.493 e. The second kappa shape index (κ2) is 13.2. The predicted octanol–water partition coefficient (Wildman–Crippen LogP) is 1.67. The summed E-state index contributed by atoms with van der Waals surface area (Å²) in [6.45, 7) is 1.72. The van der Waals surface area contributed by atoms with Gasteiger partial charge in [-0.05, 0) is 18.1 Å². The van der Waals surface area contributed by atoms with Gasteiger partial charge in [-0.1, -0.05) is 49.4 Å². The molecule has 2 atom stereocenters. The number of benzene rings is 2. The van der Waals surface area contributed by atoms with E-state index in [1.165, 1.54) is 19.2 Å². The third-order valence-corrected chi connectivity index (χ3v) is 5.13. The zero-order valence-corrected chi connectivity index (χ0v) is 19.7. The quantitative estimate of drug-likeness (QED) is 0.186. The average molecular weight is 491 g/mol. The first kappa shape index (κ1) is 26.7. The first-order valence-corrected chi connectivity index (χ1v) is 11.0. The molecule has 2 aromatic carbocycles. The Kier molecular flexibility index (Phi) is 10.3. The van der Waals surface area contributed by atoms with Crippen LogP contribution in [0.1, 0.15) is 24.5 Å². The molecule has 0 aliphatic heterocycles. The Morgan fingerprint density at radius 3 is 2.32 bits per heavy atom. The van der Waals surface area contributed by atoms with Gasteiger partial charge in [0.25, 0.3) is 11.8 Å². The fraction of sp³-hybridized carbons (Fsp3) is 0.304. The van der Waals surface area contributed by atoms with Crippen LogP contribution < -0.4 is 26.0 Å². The van der Waals surface area contributed by atoms with Gasteiger partial charge < -0.3 is 26.0 Å². The summed E-state index contributed by atoms with van der Waals surface area (Å²) < 4.78 is 18.7. The summed E-state index contributed by atoms with van der Waals surface area (Å²) in [5.41, 5.74) is 1.22. The van der Waals surface area contributed by atoms with Crippen molar-refractivity contribution in [3.8, 4) is 5.75 Å². The van der Waals surface area contributed by atoms with Gasteiger partial charge in [0.15, 0.2) is 16.9 Å². The SMILES string of the molecule is CCC(NC(=O)C(S)NC(=O)NCc1ccccc1)C(=O)C(=O)NCc1cccc(F)c1OC. The van der Waals surface area contributed by atoms with Crippen molar-refractivity contribution in [2.24, 2.45) is 0 Å². The van der Waals surface area contributed by atoms with Gasteiger partial charge >= 0.3 is 6.03 Å². The molecule has 9 nitrogen and oxygen atoms in total. The van der Waals surface area contributed by atoms with Crippen LogP contribution in [0, 0.1) is 5.82 Å². The molecule has 0 aliphatic carbocycles. The maximum atomic E-state index is 13.8. The van der Waals surface area contributed by atoms with E-state index in [0.29, 0.717) is 5.56 Å². The van der Waals surface area contributed by atoms with Crippen LogP contribution in [-0.4, -0.2) is 42.2 Å². The van der Waals surface area contributed by atoms with Crippen molar-refractivity contribution >= 4 is 36.3 Å². The van der Waals surface area contributed by atoms with E-state index in [9.17, 15) is 23.6 Å². The number of nitrogens with one attached hydrogen (secondary N) is 4. The highest BCUT2D eigenvalue weighted by atomic mass is 32.1. The normalized spacial score (nSPS) is 12.1. The van der Waals surface area contributed by atoms with Crippen molar-refractivity contribution in [1.82, 2.24) is 21.3 Å². The largest absolute Gasteiger partial charge is 0.493 e. The van der Waals surface area contributed by atoms with Crippen LogP contribution in [0.25, 0.3) is 0 Å². The Bertz CT molecular complexity index is 1020. The Morgan fingerprint density at radius 2 is 1.68 bits per heavy atom. The van der Waals surface area contributed by atoms with E-state index in [2.05, 4.69) is 33.9 Å². The van der Waals surface area contributed by atoms with Gasteiger partial charge in [0.2, 0.25) is 5.78 Å². The Hall–Kier alpha value is -3.60. The molecule has 0 radical (unpaired) electrons. The number of ketones is 1. The fourth-order valence-corrected chi connectivity index (χ4v) is 3.16. The van der Waals surface area contributed by atoms with E-state index in [1.807, 2.05) is 30.3 Å². The molecule has 11 heteroatoms. The van der Waals surface area contributed by atoms with Crippen LogP contribution in [0.5, 0.6) is 5.75 Å². The molecule has 182 valence electrons. The summed E-state index contributed by atoms with van der Waals surface area (Å²) in [4.78, 5) is 49.2. The fourth-order valence-electron chi connectivity index (χ4n) is 2.96. The molecule has 2 rings (SSSR count). The van der Waals surface area contributed by atoms with Gasteiger partial charge in [0, 0.05) is 18.7 Å². The summed E-state index contributed by atoms with van der Waals surface area (Å²) >= 11 is 4.05. The van der Waals surface area contributed by atoms with Gasteiger partial charge in [-0.15, -0.1) is 12.6 Å². The van der Waals surface area contributed by atoms with Gasteiger partial charge in [-0.3, -0.25) is 14.4 Å². The van der Waals surface area contributed by atoms with E-state index >= 15 is 0 Å². The predicted molar refractivity (Wildman–Crippen MR) is 127 cm³/mol. The number of rotatable bonds is 11.